The molecule has 1 fully saturated rings. The lowest BCUT2D eigenvalue weighted by Gasteiger charge is -2.37. The van der Waals surface area contributed by atoms with E-state index in [2.05, 4.69) is 66.1 Å². The Kier molecular flexibility index (Phi) is 7.77. The number of benzene rings is 2. The lowest BCUT2D eigenvalue weighted by atomic mass is 10.2. The zero-order valence-corrected chi connectivity index (χ0v) is 19.8. The standard InChI is InChI=1S/C21H23N9O2S2/c31-30(32)19-7-3-15(4-8-19)24-26-17-13-22-20(23-14-17)27-25-16-1-5-18(6-2-16)28-9-11-29(12-10-28)21(33)34/h1-8,13-14,21,24,26,33-34H,9-12H2. The quantitative estimate of drug-likeness (QED) is 0.118. The molecule has 13 heteroatoms. The van der Waals surface area contributed by atoms with Gasteiger partial charge in [-0.1, -0.05) is 0 Å². The van der Waals surface area contributed by atoms with Crippen molar-refractivity contribution in [2.24, 2.45) is 10.2 Å². The van der Waals surface area contributed by atoms with Crippen LogP contribution in [0.5, 0.6) is 0 Å². The van der Waals surface area contributed by atoms with Gasteiger partial charge in [-0.05, 0) is 36.4 Å². The summed E-state index contributed by atoms with van der Waals surface area (Å²) >= 11 is 8.76. The number of aromatic nitrogens is 2. The number of thiol groups is 2. The number of nitro benzene ring substituents is 1. The van der Waals surface area contributed by atoms with Crippen molar-refractivity contribution in [3.8, 4) is 0 Å². The number of piperazine rings is 1. The van der Waals surface area contributed by atoms with Crippen LogP contribution in [-0.4, -0.2) is 50.7 Å². The van der Waals surface area contributed by atoms with Crippen molar-refractivity contribution in [1.29, 1.82) is 0 Å². The monoisotopic (exact) mass is 497 g/mol. The van der Waals surface area contributed by atoms with Crippen LogP contribution in [0.3, 0.4) is 0 Å². The molecule has 1 aromatic heterocycles. The van der Waals surface area contributed by atoms with E-state index in [1.54, 1.807) is 24.5 Å². The summed E-state index contributed by atoms with van der Waals surface area (Å²) in [6.07, 6.45) is 3.12. The second-order valence-corrected chi connectivity index (χ2v) is 8.80. The zero-order valence-electron chi connectivity index (χ0n) is 18.0. The predicted octanol–water partition coefficient (Wildman–Crippen LogP) is 4.50. The lowest BCUT2D eigenvalue weighted by molar-refractivity contribution is -0.384. The third kappa shape index (κ3) is 6.34. The summed E-state index contributed by atoms with van der Waals surface area (Å²) in [5.41, 5.74) is 8.98. The fourth-order valence-corrected chi connectivity index (χ4v) is 3.75. The zero-order chi connectivity index (χ0) is 23.9. The van der Waals surface area contributed by atoms with Gasteiger partial charge in [-0.2, -0.15) is 0 Å². The van der Waals surface area contributed by atoms with E-state index in [-0.39, 0.29) is 16.3 Å². The highest BCUT2D eigenvalue weighted by Crippen LogP contribution is 2.23. The maximum atomic E-state index is 10.7. The summed E-state index contributed by atoms with van der Waals surface area (Å²) in [7, 11) is 0. The van der Waals surface area contributed by atoms with Crippen LogP contribution in [0.1, 0.15) is 0 Å². The van der Waals surface area contributed by atoms with Crippen molar-refractivity contribution < 1.29 is 4.92 Å². The summed E-state index contributed by atoms with van der Waals surface area (Å²) in [6.45, 7) is 3.69. The lowest BCUT2D eigenvalue weighted by Crippen LogP contribution is -2.47. The summed E-state index contributed by atoms with van der Waals surface area (Å²) < 4.78 is -0.0247. The molecule has 0 radical (unpaired) electrons. The first-order valence-corrected chi connectivity index (χ1v) is 11.5. The van der Waals surface area contributed by atoms with E-state index in [0.717, 1.165) is 31.9 Å². The smallest absolute Gasteiger partial charge is 0.269 e. The highest BCUT2D eigenvalue weighted by molar-refractivity contribution is 7.99. The molecule has 0 saturated carbocycles. The Morgan fingerprint density at radius 3 is 2.09 bits per heavy atom. The molecular weight excluding hydrogens is 474 g/mol. The predicted molar refractivity (Wildman–Crippen MR) is 139 cm³/mol. The molecule has 0 bridgehead atoms. The highest BCUT2D eigenvalue weighted by atomic mass is 32.2. The fraction of sp³-hybridized carbons (Fsp3) is 0.238. The van der Waals surface area contributed by atoms with E-state index in [1.165, 1.54) is 12.1 Å². The van der Waals surface area contributed by atoms with Crippen LogP contribution >= 0.6 is 25.3 Å². The summed E-state index contributed by atoms with van der Waals surface area (Å²) in [4.78, 5) is 23.1. The number of non-ortho nitro benzene ring substituents is 1. The number of hydrogen-bond acceptors (Lipinski definition) is 12. The van der Waals surface area contributed by atoms with Gasteiger partial charge < -0.3 is 10.3 Å². The molecule has 176 valence electrons. The van der Waals surface area contributed by atoms with Crippen molar-refractivity contribution in [3.05, 3.63) is 71.0 Å². The molecule has 1 aliphatic heterocycles. The van der Waals surface area contributed by atoms with Gasteiger partial charge >= 0.3 is 0 Å². The maximum Gasteiger partial charge on any atom is 0.269 e. The topological polar surface area (TPSA) is 124 Å². The minimum Gasteiger partial charge on any atom is -0.369 e. The molecule has 11 nitrogen and oxygen atoms in total. The second kappa shape index (κ2) is 11.1. The van der Waals surface area contributed by atoms with Crippen LogP contribution in [0.25, 0.3) is 0 Å². The number of hydrazine groups is 1. The van der Waals surface area contributed by atoms with E-state index >= 15 is 0 Å². The Hall–Kier alpha value is -3.42. The second-order valence-electron chi connectivity index (χ2n) is 7.41. The molecule has 1 aliphatic rings. The van der Waals surface area contributed by atoms with Crippen molar-refractivity contribution in [2.45, 2.75) is 4.71 Å². The largest absolute Gasteiger partial charge is 0.369 e. The highest BCUT2D eigenvalue weighted by Gasteiger charge is 2.19. The Bertz CT molecular complexity index is 1120. The van der Waals surface area contributed by atoms with Crippen LogP contribution in [0.2, 0.25) is 0 Å². The summed E-state index contributed by atoms with van der Waals surface area (Å²) in [5, 5.41) is 19.0. The SMILES string of the molecule is O=[N+]([O-])c1ccc(NNc2cnc(N=Nc3ccc(N4CCN(C(S)S)CC4)cc3)nc2)cc1. The van der Waals surface area contributed by atoms with Crippen LogP contribution < -0.4 is 15.8 Å². The molecule has 3 aromatic rings. The van der Waals surface area contributed by atoms with E-state index in [9.17, 15) is 10.1 Å². The van der Waals surface area contributed by atoms with Gasteiger partial charge in [0, 0.05) is 44.0 Å². The molecule has 0 unspecified atom stereocenters. The number of nitrogens with zero attached hydrogens (tertiary/aromatic N) is 7. The number of anilines is 3. The van der Waals surface area contributed by atoms with Gasteiger partial charge in [0.1, 0.15) is 0 Å². The molecule has 4 rings (SSSR count). The van der Waals surface area contributed by atoms with Gasteiger partial charge in [0.05, 0.1) is 39.1 Å². The number of hydrogen-bond donors (Lipinski definition) is 4. The average Bonchev–Trinajstić information content (AvgIpc) is 2.87. The Balaban J connectivity index is 1.28. The van der Waals surface area contributed by atoms with Gasteiger partial charge in [0.25, 0.3) is 11.6 Å². The average molecular weight is 498 g/mol. The van der Waals surface area contributed by atoms with Crippen molar-refractivity contribution in [2.75, 3.05) is 41.9 Å². The molecular formula is C21H23N9O2S2. The van der Waals surface area contributed by atoms with Crippen LogP contribution in [0.15, 0.2) is 71.2 Å². The number of rotatable bonds is 8. The summed E-state index contributed by atoms with van der Waals surface area (Å²) in [6, 6.07) is 13.9. The van der Waals surface area contributed by atoms with E-state index in [0.29, 0.717) is 17.1 Å². The molecule has 0 aliphatic carbocycles. The molecule has 1 saturated heterocycles. The molecule has 2 heterocycles. The minimum absolute atomic E-state index is 0.0247. The molecule has 34 heavy (non-hydrogen) atoms. The van der Waals surface area contributed by atoms with Crippen LogP contribution in [0.4, 0.5) is 34.4 Å². The first-order valence-electron chi connectivity index (χ1n) is 10.4. The van der Waals surface area contributed by atoms with Crippen LogP contribution in [-0.2, 0) is 0 Å². The van der Waals surface area contributed by atoms with Gasteiger partial charge in [-0.25, -0.2) is 9.97 Å². The van der Waals surface area contributed by atoms with Gasteiger partial charge in [0.15, 0.2) is 0 Å². The van der Waals surface area contributed by atoms with Crippen LogP contribution in [0, 0.1) is 10.1 Å². The van der Waals surface area contributed by atoms with Gasteiger partial charge in [-0.3, -0.25) is 20.4 Å². The summed E-state index contributed by atoms with van der Waals surface area (Å²) in [5.74, 6) is 0.231. The molecule has 0 atom stereocenters. The van der Waals surface area contributed by atoms with Crippen molar-refractivity contribution >= 4 is 59.6 Å². The Labute approximate surface area is 207 Å². The minimum atomic E-state index is -0.447. The first kappa shape index (κ1) is 23.7. The molecule has 0 spiro atoms. The molecule has 2 N–H and O–H groups in total. The number of nitro groups is 1. The Morgan fingerprint density at radius 2 is 1.50 bits per heavy atom. The third-order valence-corrected chi connectivity index (χ3v) is 5.83. The van der Waals surface area contributed by atoms with Crippen molar-refractivity contribution in [3.63, 3.8) is 0 Å². The fourth-order valence-electron chi connectivity index (χ4n) is 3.29. The van der Waals surface area contributed by atoms with E-state index in [1.807, 2.05) is 24.3 Å². The normalized spacial score (nSPS) is 14.5. The number of nitrogens with one attached hydrogen (secondary N) is 2. The molecule has 0 amide bonds. The Morgan fingerprint density at radius 1 is 0.882 bits per heavy atom. The number of azo groups is 1. The molecule has 2 aromatic carbocycles. The first-order chi connectivity index (χ1) is 16.5. The maximum absolute atomic E-state index is 10.7. The third-order valence-electron chi connectivity index (χ3n) is 5.18. The van der Waals surface area contributed by atoms with E-state index in [4.69, 9.17) is 0 Å². The van der Waals surface area contributed by atoms with Crippen molar-refractivity contribution in [1.82, 2.24) is 14.9 Å². The van der Waals surface area contributed by atoms with E-state index < -0.39 is 4.92 Å². The van der Waals surface area contributed by atoms with Gasteiger partial charge in [-0.15, -0.1) is 35.5 Å². The van der Waals surface area contributed by atoms with Gasteiger partial charge in [0.2, 0.25) is 0 Å².